The van der Waals surface area contributed by atoms with Crippen LogP contribution in [0.2, 0.25) is 58.9 Å². The van der Waals surface area contributed by atoms with Gasteiger partial charge in [-0.2, -0.15) is 0 Å². The van der Waals surface area contributed by atoms with Gasteiger partial charge in [-0.05, 0) is 23.3 Å². The molecule has 0 saturated heterocycles. The number of halogens is 3. The van der Waals surface area contributed by atoms with Crippen LogP contribution in [-0.2, 0) is 21.8 Å². The molecule has 0 fully saturated rings. The summed E-state index contributed by atoms with van der Waals surface area (Å²) in [5.41, 5.74) is 16.1. The average molecular weight is 1580 g/mol. The quantitative estimate of drug-likeness (QED) is 0.129. The molecule has 6 aromatic carbocycles. The summed E-state index contributed by atoms with van der Waals surface area (Å²) in [6.45, 7) is 39.6. The third kappa shape index (κ3) is 12.7. The molecule has 428 valence electrons. The van der Waals surface area contributed by atoms with Gasteiger partial charge in [-0.1, -0.05) is 50.2 Å². The monoisotopic (exact) mass is 1580 g/mol. The minimum atomic E-state index is -1.45. The summed E-state index contributed by atoms with van der Waals surface area (Å²) in [5.74, 6) is 0. The van der Waals surface area contributed by atoms with Gasteiger partial charge in [0.1, 0.15) is 0 Å². The van der Waals surface area contributed by atoms with Crippen LogP contribution in [-0.4, -0.2) is 72.8 Å². The molecule has 13 heteroatoms. The number of aliphatic hydroxyl groups is 1. The third-order valence-corrected chi connectivity index (χ3v) is 44.4. The molecule has 12 rings (SSSR count). The van der Waals surface area contributed by atoms with Crippen molar-refractivity contribution >= 4 is 178 Å². The van der Waals surface area contributed by atoms with Crippen molar-refractivity contribution in [3.63, 3.8) is 0 Å². The van der Waals surface area contributed by atoms with Crippen molar-refractivity contribution in [2.75, 3.05) is 15.1 Å². The van der Waals surface area contributed by atoms with Crippen LogP contribution in [0.4, 0.5) is 43.2 Å². The number of anilines is 8. The molecule has 3 aromatic heterocycles. The number of para-hydroxylation sites is 6. The fraction of sp³-hybridized carbons (Fsp3) is 0.304. The van der Waals surface area contributed by atoms with E-state index in [1.807, 2.05) is 13.8 Å². The van der Waals surface area contributed by atoms with E-state index in [1.165, 1.54) is 88.0 Å². The average Bonchev–Trinajstić information content (AvgIpc) is 1.53. The predicted octanol–water partition coefficient (Wildman–Crippen LogP) is 18.5. The van der Waals surface area contributed by atoms with E-state index in [4.69, 9.17) is 0 Å². The van der Waals surface area contributed by atoms with Crippen LogP contribution in [0.5, 0.6) is 0 Å². The number of rotatable bonds is 6. The second-order valence-electron chi connectivity index (χ2n) is 27.0. The number of hydrogen-bond donors (Lipinski definition) is 2. The van der Waals surface area contributed by atoms with Crippen molar-refractivity contribution < 1.29 is 5.11 Å². The van der Waals surface area contributed by atoms with Crippen molar-refractivity contribution in [3.05, 3.63) is 214 Å². The van der Waals surface area contributed by atoms with Crippen molar-refractivity contribution in [1.29, 1.82) is 0 Å². The van der Waals surface area contributed by atoms with E-state index in [1.54, 1.807) is 12.2 Å². The maximum absolute atomic E-state index is 11.1. The van der Waals surface area contributed by atoms with E-state index in [9.17, 15) is 5.11 Å². The van der Waals surface area contributed by atoms with Crippen molar-refractivity contribution in [3.8, 4) is 0 Å². The Morgan fingerprint density at radius 3 is 1.05 bits per heavy atom. The first-order valence-corrected chi connectivity index (χ1v) is 46.6. The molecule has 82 heavy (non-hydrogen) atoms. The zero-order valence-electron chi connectivity index (χ0n) is 50.8. The molecule has 0 aliphatic carbocycles. The molecule has 2 N–H and O–H groups in total. The van der Waals surface area contributed by atoms with Gasteiger partial charge in [0.25, 0.3) is 0 Å². The van der Waals surface area contributed by atoms with Gasteiger partial charge < -0.3 is 5.32 Å². The van der Waals surface area contributed by atoms with Crippen molar-refractivity contribution in [1.82, 2.24) is 0 Å². The Balaban J connectivity index is 0.000000139. The summed E-state index contributed by atoms with van der Waals surface area (Å²) in [5, 5.41) is 14.6. The van der Waals surface area contributed by atoms with Crippen LogP contribution in [0.25, 0.3) is 0 Å². The fourth-order valence-corrected chi connectivity index (χ4v) is 31.4. The molecule has 0 radical (unpaired) electrons. The van der Waals surface area contributed by atoms with Crippen molar-refractivity contribution in [2.24, 2.45) is 0 Å². The molecule has 4 nitrogen and oxygen atoms in total. The molecule has 0 amide bonds. The molecule has 3 aliphatic rings. The Labute approximate surface area is 542 Å². The van der Waals surface area contributed by atoms with Crippen LogP contribution < -0.4 is 27.3 Å². The zero-order valence-corrected chi connectivity index (χ0v) is 64.3. The molecule has 6 heterocycles. The van der Waals surface area contributed by atoms with E-state index in [0.29, 0.717) is 29.0 Å². The summed E-state index contributed by atoms with van der Waals surface area (Å²) in [4.78, 5) is 4.97. The summed E-state index contributed by atoms with van der Waals surface area (Å²) in [7, 11) is -3.74. The number of hydrogen-bond acceptors (Lipinski definition) is 4. The van der Waals surface area contributed by atoms with Crippen LogP contribution in [0, 0.1) is 2.44 Å². The first-order valence-electron chi connectivity index (χ1n) is 28.3. The second-order valence-corrected chi connectivity index (χ2v) is 55.5. The molecule has 0 spiro atoms. The molecular formula is C69H80Br2IN3OSe3Si3. The van der Waals surface area contributed by atoms with E-state index < -0.39 is 29.8 Å². The topological polar surface area (TPSA) is 38.7 Å². The Morgan fingerprint density at radius 1 is 0.427 bits per heavy atom. The molecular weight excluding hydrogens is 1490 g/mol. The van der Waals surface area contributed by atoms with Crippen LogP contribution >= 0.6 is 54.5 Å². The summed E-state index contributed by atoms with van der Waals surface area (Å²) < 4.78 is 11.8. The number of nitrogens with one attached hydrogen (secondary N) is 1. The second kappa shape index (κ2) is 23.9. The normalized spacial score (nSPS) is 15.2. The molecule has 0 unspecified atom stereocenters. The van der Waals surface area contributed by atoms with Gasteiger partial charge in [-0.25, -0.2) is 0 Å². The zero-order chi connectivity index (χ0) is 59.7. The maximum atomic E-state index is 11.1. The van der Waals surface area contributed by atoms with E-state index in [2.05, 4.69) is 334 Å². The SMILES string of the molecule is CC(C)(O)c1cc([Si](C)(C)C)[se]c1N1c2ccccc2C(C)(C)c2ccccc21.CC1(C)c2ccccc2N(c2[se]c([Si](C)(C)C)cc2Br)c2ccccc21.CC1(C)c2ccccc2Nc2ccccc21.C[Si](C)(C)c1cc(Br)c(I)[se]1. The van der Waals surface area contributed by atoms with Gasteiger partial charge in [0.05, 0.1) is 0 Å². The van der Waals surface area contributed by atoms with Crippen LogP contribution in [0.1, 0.15) is 94.3 Å². The summed E-state index contributed by atoms with van der Waals surface area (Å²) in [6, 6.07) is 59.5. The number of nitrogens with zero attached hydrogens (tertiary/aromatic N) is 2. The Bertz CT molecular complexity index is 3630. The molecule has 0 bridgehead atoms. The molecule has 9 aromatic rings. The van der Waals surface area contributed by atoms with E-state index in [-0.39, 0.29) is 30.7 Å². The molecule has 0 saturated carbocycles. The standard InChI is InChI=1S/C25H31NOSeSi.C22H24BrNSeSi.C15H15N.C7H10BrISeSi/c1-24(2)17-12-8-10-14-20(17)26(21-15-11-9-13-18(21)24)23-19(25(3,4)27)16-22(28-23)29(5,6)7;1-22(2)15-10-6-8-12-18(15)24(19-13-9-7-11-16(19)22)21-17(23)14-20(25-21)26(3,4)5;1-15(2)11-7-3-5-9-13(11)16-14-10-6-4-8-12(14)15;1-11(2,3)6-4-5(8)7(9)10-6/h8-16,27H,1-7H3;6-14H,1-5H3;3-10,16H,1-2H3;4H,1-3H3. The Kier molecular flexibility index (Phi) is 18.5. The summed E-state index contributed by atoms with van der Waals surface area (Å²) >= 11 is 11.1. The minimum absolute atomic E-state index is 0.0113. The first-order chi connectivity index (χ1) is 38.2. The Morgan fingerprint density at radius 2 is 0.720 bits per heavy atom. The van der Waals surface area contributed by atoms with Crippen molar-refractivity contribution in [2.45, 2.75) is 136 Å². The third-order valence-electron chi connectivity index (χ3n) is 16.1. The summed E-state index contributed by atoms with van der Waals surface area (Å²) in [6.07, 6.45) is 0. The van der Waals surface area contributed by atoms with E-state index >= 15 is 0 Å². The number of fused-ring (bicyclic) bond motifs is 6. The van der Waals surface area contributed by atoms with E-state index in [0.717, 1.165) is 5.56 Å². The van der Waals surface area contributed by atoms with Gasteiger partial charge in [0.2, 0.25) is 0 Å². The van der Waals surface area contributed by atoms with Gasteiger partial charge in [-0.15, -0.1) is 0 Å². The van der Waals surface area contributed by atoms with Crippen LogP contribution in [0.15, 0.2) is 173 Å². The predicted molar refractivity (Wildman–Crippen MR) is 384 cm³/mol. The Hall–Kier alpha value is -2.98. The molecule has 3 aliphatic heterocycles. The fourth-order valence-electron chi connectivity index (χ4n) is 11.3. The first kappa shape index (κ1) is 63.5. The van der Waals surface area contributed by atoms with Crippen LogP contribution in [0.3, 0.4) is 0 Å². The molecule has 0 atom stereocenters. The van der Waals surface area contributed by atoms with Gasteiger partial charge in [0, 0.05) is 16.8 Å². The van der Waals surface area contributed by atoms with Gasteiger partial charge in [0.15, 0.2) is 0 Å². The van der Waals surface area contributed by atoms with Gasteiger partial charge in [-0.3, -0.25) is 0 Å². The number of benzene rings is 6. The van der Waals surface area contributed by atoms with Gasteiger partial charge >= 0.3 is 453 Å².